The number of ether oxygens (including phenoxy) is 1. The van der Waals surface area contributed by atoms with Gasteiger partial charge in [0.05, 0.1) is 6.10 Å². The molecular weight excluding hydrogens is 344 g/mol. The van der Waals surface area contributed by atoms with Gasteiger partial charge in [-0.05, 0) is 24.8 Å². The van der Waals surface area contributed by atoms with Crippen molar-refractivity contribution >= 4 is 12.0 Å². The number of rotatable bonds is 9. The molecule has 6 heteroatoms. The molecule has 1 unspecified atom stereocenters. The Kier molecular flexibility index (Phi) is 8.58. The molecule has 1 saturated heterocycles. The Bertz CT molecular complexity index is 593. The minimum atomic E-state index is -0.846. The van der Waals surface area contributed by atoms with Crippen molar-refractivity contribution < 1.29 is 19.4 Å². The standard InChI is InChI=1S/C21H32N2O4/c1-3-5-9-14-22(13-4-2)20(25)19-18(24)12-15-23(19)21(26)27-16-17-10-7-6-8-11-17/h6-8,10-11,18-19,24H,3-5,9,12-16H2,1-2H3/t18?,19-/m0/s1. The van der Waals surface area contributed by atoms with Gasteiger partial charge in [-0.1, -0.05) is 57.0 Å². The lowest BCUT2D eigenvalue weighted by atomic mass is 10.1. The van der Waals surface area contributed by atoms with Crippen molar-refractivity contribution in [3.05, 3.63) is 35.9 Å². The first-order valence-corrected chi connectivity index (χ1v) is 10.0. The fraction of sp³-hybridized carbons (Fsp3) is 0.619. The van der Waals surface area contributed by atoms with Crippen molar-refractivity contribution in [3.8, 4) is 0 Å². The molecule has 2 amide bonds. The third kappa shape index (κ3) is 5.96. The molecule has 0 aliphatic carbocycles. The summed E-state index contributed by atoms with van der Waals surface area (Å²) in [6, 6.07) is 8.58. The van der Waals surface area contributed by atoms with E-state index in [9.17, 15) is 14.7 Å². The summed E-state index contributed by atoms with van der Waals surface area (Å²) >= 11 is 0. The first-order valence-electron chi connectivity index (χ1n) is 10.0. The summed E-state index contributed by atoms with van der Waals surface area (Å²) in [5, 5.41) is 10.4. The molecule has 1 aliphatic heterocycles. The predicted octanol–water partition coefficient (Wildman–Crippen LogP) is 3.19. The number of aliphatic hydroxyl groups is 1. The van der Waals surface area contributed by atoms with Gasteiger partial charge in [-0.3, -0.25) is 9.69 Å². The topological polar surface area (TPSA) is 70.1 Å². The second kappa shape index (κ2) is 10.9. The molecule has 1 aromatic rings. The van der Waals surface area contributed by atoms with E-state index >= 15 is 0 Å². The molecular formula is C21H32N2O4. The molecule has 0 radical (unpaired) electrons. The van der Waals surface area contributed by atoms with Crippen LogP contribution in [0.15, 0.2) is 30.3 Å². The monoisotopic (exact) mass is 376 g/mol. The summed E-state index contributed by atoms with van der Waals surface area (Å²) in [7, 11) is 0. The summed E-state index contributed by atoms with van der Waals surface area (Å²) in [5.74, 6) is -0.172. The summed E-state index contributed by atoms with van der Waals surface area (Å²) in [4.78, 5) is 28.8. The van der Waals surface area contributed by atoms with Gasteiger partial charge < -0.3 is 14.7 Å². The van der Waals surface area contributed by atoms with E-state index in [0.29, 0.717) is 26.1 Å². The van der Waals surface area contributed by atoms with Crippen LogP contribution in [0.2, 0.25) is 0 Å². The quantitative estimate of drug-likeness (QED) is 0.672. The number of unbranched alkanes of at least 4 members (excludes halogenated alkanes) is 2. The maximum absolute atomic E-state index is 13.0. The van der Waals surface area contributed by atoms with E-state index < -0.39 is 18.2 Å². The van der Waals surface area contributed by atoms with Gasteiger partial charge in [0.1, 0.15) is 12.6 Å². The van der Waals surface area contributed by atoms with Crippen LogP contribution in [0, 0.1) is 0 Å². The van der Waals surface area contributed by atoms with Gasteiger partial charge in [-0.15, -0.1) is 0 Å². The van der Waals surface area contributed by atoms with E-state index in [2.05, 4.69) is 6.92 Å². The van der Waals surface area contributed by atoms with Crippen molar-refractivity contribution in [1.29, 1.82) is 0 Å². The number of carbonyl (C=O) groups is 2. The van der Waals surface area contributed by atoms with Gasteiger partial charge in [0.2, 0.25) is 5.91 Å². The molecule has 2 rings (SSSR count). The van der Waals surface area contributed by atoms with Crippen LogP contribution >= 0.6 is 0 Å². The highest BCUT2D eigenvalue weighted by Gasteiger charge is 2.43. The van der Waals surface area contributed by atoms with E-state index in [0.717, 1.165) is 31.2 Å². The summed E-state index contributed by atoms with van der Waals surface area (Å²) < 4.78 is 5.38. The number of carbonyl (C=O) groups excluding carboxylic acids is 2. The molecule has 0 spiro atoms. The first-order chi connectivity index (χ1) is 13.1. The highest BCUT2D eigenvalue weighted by atomic mass is 16.6. The largest absolute Gasteiger partial charge is 0.445 e. The average molecular weight is 376 g/mol. The lowest BCUT2D eigenvalue weighted by Crippen LogP contribution is -2.52. The molecule has 6 nitrogen and oxygen atoms in total. The van der Waals surface area contributed by atoms with E-state index in [1.165, 1.54) is 4.90 Å². The average Bonchev–Trinajstić information content (AvgIpc) is 3.07. The van der Waals surface area contributed by atoms with E-state index in [1.807, 2.05) is 37.3 Å². The number of hydrogen-bond acceptors (Lipinski definition) is 4. The molecule has 27 heavy (non-hydrogen) atoms. The Labute approximate surface area is 162 Å². The van der Waals surface area contributed by atoms with Gasteiger partial charge in [-0.2, -0.15) is 0 Å². The van der Waals surface area contributed by atoms with Crippen molar-refractivity contribution in [3.63, 3.8) is 0 Å². The van der Waals surface area contributed by atoms with Crippen molar-refractivity contribution in [1.82, 2.24) is 9.80 Å². The van der Waals surface area contributed by atoms with E-state index in [1.54, 1.807) is 4.90 Å². The van der Waals surface area contributed by atoms with Crippen LogP contribution in [0.5, 0.6) is 0 Å². The number of nitrogens with zero attached hydrogens (tertiary/aromatic N) is 2. The molecule has 0 aromatic heterocycles. The van der Waals surface area contributed by atoms with Crippen LogP contribution in [0.1, 0.15) is 51.5 Å². The molecule has 1 aliphatic rings. The molecule has 150 valence electrons. The van der Waals surface area contributed by atoms with Crippen LogP contribution in [0.4, 0.5) is 4.79 Å². The van der Waals surface area contributed by atoms with Gasteiger partial charge >= 0.3 is 6.09 Å². The third-order valence-electron chi connectivity index (χ3n) is 4.90. The zero-order chi connectivity index (χ0) is 19.6. The number of likely N-dealkylation sites (tertiary alicyclic amines) is 1. The predicted molar refractivity (Wildman–Crippen MR) is 104 cm³/mol. The number of amides is 2. The summed E-state index contributed by atoms with van der Waals surface area (Å²) in [6.07, 6.45) is 2.93. The maximum atomic E-state index is 13.0. The second-order valence-corrected chi connectivity index (χ2v) is 7.07. The minimum Gasteiger partial charge on any atom is -0.445 e. The van der Waals surface area contributed by atoms with Crippen LogP contribution in [-0.2, 0) is 16.1 Å². The lowest BCUT2D eigenvalue weighted by Gasteiger charge is -2.31. The molecule has 0 bridgehead atoms. The molecule has 1 aromatic carbocycles. The highest BCUT2D eigenvalue weighted by molar-refractivity contribution is 5.87. The molecule has 1 heterocycles. The number of hydrogen-bond donors (Lipinski definition) is 1. The van der Waals surface area contributed by atoms with E-state index in [4.69, 9.17) is 4.74 Å². The Morgan fingerprint density at radius 3 is 2.56 bits per heavy atom. The fourth-order valence-electron chi connectivity index (χ4n) is 3.42. The minimum absolute atomic E-state index is 0.155. The molecule has 1 fully saturated rings. The summed E-state index contributed by atoms with van der Waals surface area (Å²) in [5.41, 5.74) is 0.889. The number of benzene rings is 1. The number of aliphatic hydroxyl groups excluding tert-OH is 1. The van der Waals surface area contributed by atoms with Gasteiger partial charge in [-0.25, -0.2) is 4.79 Å². The zero-order valence-electron chi connectivity index (χ0n) is 16.5. The fourth-order valence-corrected chi connectivity index (χ4v) is 3.42. The first kappa shape index (κ1) is 21.2. The smallest absolute Gasteiger partial charge is 0.410 e. The Hall–Kier alpha value is -2.08. The SMILES string of the molecule is CCCCCN(CCC)C(=O)[C@@H]1C(O)CCN1C(=O)OCc1ccccc1. The Morgan fingerprint density at radius 1 is 1.15 bits per heavy atom. The van der Waals surface area contributed by atoms with Crippen LogP contribution in [-0.4, -0.2) is 58.7 Å². The highest BCUT2D eigenvalue weighted by Crippen LogP contribution is 2.22. The maximum Gasteiger partial charge on any atom is 0.410 e. The summed E-state index contributed by atoms with van der Waals surface area (Å²) in [6.45, 7) is 5.94. The van der Waals surface area contributed by atoms with Gasteiger partial charge in [0.15, 0.2) is 0 Å². The van der Waals surface area contributed by atoms with Crippen molar-refractivity contribution in [2.24, 2.45) is 0 Å². The zero-order valence-corrected chi connectivity index (χ0v) is 16.5. The van der Waals surface area contributed by atoms with Crippen molar-refractivity contribution in [2.45, 2.75) is 64.7 Å². The van der Waals surface area contributed by atoms with Crippen LogP contribution in [0.3, 0.4) is 0 Å². The lowest BCUT2D eigenvalue weighted by molar-refractivity contribution is -0.138. The second-order valence-electron chi connectivity index (χ2n) is 7.07. The normalized spacial score (nSPS) is 19.1. The third-order valence-corrected chi connectivity index (χ3v) is 4.90. The van der Waals surface area contributed by atoms with Gasteiger partial charge in [0, 0.05) is 19.6 Å². The van der Waals surface area contributed by atoms with Crippen molar-refractivity contribution in [2.75, 3.05) is 19.6 Å². The van der Waals surface area contributed by atoms with Gasteiger partial charge in [0.25, 0.3) is 0 Å². The van der Waals surface area contributed by atoms with E-state index in [-0.39, 0.29) is 12.5 Å². The van der Waals surface area contributed by atoms with Crippen LogP contribution in [0.25, 0.3) is 0 Å². The molecule has 0 saturated carbocycles. The Balaban J connectivity index is 2.00. The van der Waals surface area contributed by atoms with Crippen LogP contribution < -0.4 is 0 Å². The molecule has 1 N–H and O–H groups in total. The Morgan fingerprint density at radius 2 is 1.89 bits per heavy atom. The molecule has 2 atom stereocenters.